The molecule has 0 radical (unpaired) electrons. The summed E-state index contributed by atoms with van der Waals surface area (Å²) in [5.41, 5.74) is 0.661. The molecule has 0 aliphatic carbocycles. The van der Waals surface area contributed by atoms with Crippen molar-refractivity contribution >= 4 is 17.9 Å². The third-order valence-electron chi connectivity index (χ3n) is 5.90. The molecule has 2 aliphatic rings. The number of rotatable bonds is 4. The van der Waals surface area contributed by atoms with Crippen LogP contribution >= 0.6 is 0 Å². The molecule has 2 heterocycles. The maximum absolute atomic E-state index is 13.4. The second kappa shape index (κ2) is 9.12. The van der Waals surface area contributed by atoms with E-state index in [1.807, 2.05) is 37.8 Å². The van der Waals surface area contributed by atoms with Crippen molar-refractivity contribution in [2.24, 2.45) is 0 Å². The van der Waals surface area contributed by atoms with Gasteiger partial charge in [0.05, 0.1) is 5.54 Å². The first-order valence-electron chi connectivity index (χ1n) is 10.9. The molecule has 1 N–H and O–H groups in total. The van der Waals surface area contributed by atoms with Gasteiger partial charge in [-0.2, -0.15) is 0 Å². The first kappa shape index (κ1) is 22.8. The van der Waals surface area contributed by atoms with E-state index in [9.17, 15) is 14.4 Å². The molecule has 2 saturated heterocycles. The van der Waals surface area contributed by atoms with E-state index in [4.69, 9.17) is 4.74 Å². The highest BCUT2D eigenvalue weighted by Crippen LogP contribution is 2.38. The molecule has 2 fully saturated rings. The van der Waals surface area contributed by atoms with Crippen LogP contribution in [0.1, 0.15) is 62.4 Å². The van der Waals surface area contributed by atoms with Crippen LogP contribution in [0.3, 0.4) is 0 Å². The van der Waals surface area contributed by atoms with Crippen LogP contribution in [-0.4, -0.2) is 58.5 Å². The molecule has 1 atom stereocenters. The molecule has 0 saturated carbocycles. The van der Waals surface area contributed by atoms with Gasteiger partial charge in [0.1, 0.15) is 5.60 Å². The average molecular weight is 428 g/mol. The Morgan fingerprint density at radius 3 is 2.39 bits per heavy atom. The Balaban J connectivity index is 1.70. The summed E-state index contributed by atoms with van der Waals surface area (Å²) in [5.74, 6) is -0.240. The van der Waals surface area contributed by atoms with E-state index in [0.717, 1.165) is 31.2 Å². The van der Waals surface area contributed by atoms with Crippen LogP contribution in [0, 0.1) is 0 Å². The van der Waals surface area contributed by atoms with E-state index >= 15 is 0 Å². The number of piperidine rings is 1. The first-order valence-corrected chi connectivity index (χ1v) is 10.9. The van der Waals surface area contributed by atoms with Crippen LogP contribution in [-0.2, 0) is 16.1 Å². The van der Waals surface area contributed by atoms with E-state index in [-0.39, 0.29) is 23.4 Å². The summed E-state index contributed by atoms with van der Waals surface area (Å²) in [7, 11) is 0. The van der Waals surface area contributed by atoms with E-state index in [2.05, 4.69) is 11.9 Å². The zero-order chi connectivity index (χ0) is 22.6. The van der Waals surface area contributed by atoms with Crippen molar-refractivity contribution in [1.82, 2.24) is 15.1 Å². The molecule has 7 nitrogen and oxygen atoms in total. The van der Waals surface area contributed by atoms with Gasteiger partial charge in [-0.1, -0.05) is 18.7 Å². The highest BCUT2D eigenvalue weighted by Gasteiger charge is 2.47. The molecule has 168 valence electrons. The number of amides is 3. The maximum Gasteiger partial charge on any atom is 0.410 e. The third-order valence-corrected chi connectivity index (χ3v) is 5.90. The van der Waals surface area contributed by atoms with E-state index in [1.165, 1.54) is 6.08 Å². The molecule has 0 aromatic heterocycles. The summed E-state index contributed by atoms with van der Waals surface area (Å²) in [4.78, 5) is 41.0. The van der Waals surface area contributed by atoms with E-state index in [1.54, 1.807) is 17.0 Å². The van der Waals surface area contributed by atoms with Crippen molar-refractivity contribution < 1.29 is 19.1 Å². The molecule has 3 rings (SSSR count). The molecule has 1 aromatic rings. The number of carbonyl (C=O) groups excluding carboxylic acids is 3. The van der Waals surface area contributed by atoms with E-state index < -0.39 is 5.60 Å². The monoisotopic (exact) mass is 427 g/mol. The number of nitrogens with zero attached hydrogens (tertiary/aromatic N) is 2. The fourth-order valence-electron chi connectivity index (χ4n) is 4.46. The standard InChI is InChI=1S/C24H33N3O4/c1-5-20(28)25-16-18-8-10-19(11-9-18)21(29)27-15-7-13-24(27)12-6-14-26(17-24)22(30)31-23(2,3)4/h5,8-11H,1,6-7,12-17H2,2-4H3,(H,25,28). The van der Waals surface area contributed by atoms with Crippen LogP contribution in [0.25, 0.3) is 0 Å². The minimum atomic E-state index is -0.542. The molecule has 1 unspecified atom stereocenters. The summed E-state index contributed by atoms with van der Waals surface area (Å²) in [6.07, 6.45) is 4.49. The highest BCUT2D eigenvalue weighted by molar-refractivity contribution is 5.95. The maximum atomic E-state index is 13.4. The Bertz CT molecular complexity index is 843. The number of carbonyl (C=O) groups is 3. The topological polar surface area (TPSA) is 79.0 Å². The van der Waals surface area contributed by atoms with Crippen molar-refractivity contribution in [2.45, 2.75) is 64.1 Å². The fraction of sp³-hybridized carbons (Fsp3) is 0.542. The smallest absolute Gasteiger partial charge is 0.410 e. The second-order valence-corrected chi connectivity index (χ2v) is 9.41. The fourth-order valence-corrected chi connectivity index (χ4v) is 4.46. The highest BCUT2D eigenvalue weighted by atomic mass is 16.6. The van der Waals surface area contributed by atoms with Crippen LogP contribution in [0.4, 0.5) is 4.79 Å². The predicted molar refractivity (Wildman–Crippen MR) is 119 cm³/mol. The van der Waals surface area contributed by atoms with Gasteiger partial charge in [-0.25, -0.2) is 4.79 Å². The van der Waals surface area contributed by atoms with Crippen molar-refractivity contribution in [3.63, 3.8) is 0 Å². The molecule has 3 amide bonds. The van der Waals surface area contributed by atoms with Gasteiger partial charge in [-0.3, -0.25) is 9.59 Å². The lowest BCUT2D eigenvalue weighted by Gasteiger charge is -2.46. The number of hydrogen-bond donors (Lipinski definition) is 1. The SMILES string of the molecule is C=CC(=O)NCc1ccc(C(=O)N2CCCC23CCCN(C(=O)OC(C)(C)C)C3)cc1. The molecule has 31 heavy (non-hydrogen) atoms. The molecule has 1 spiro atoms. The first-order chi connectivity index (χ1) is 14.6. The lowest BCUT2D eigenvalue weighted by molar-refractivity contribution is -0.116. The van der Waals surface area contributed by atoms with Gasteiger partial charge in [-0.15, -0.1) is 0 Å². The molecule has 2 aliphatic heterocycles. The number of nitrogens with one attached hydrogen (secondary N) is 1. The van der Waals surface area contributed by atoms with Gasteiger partial charge in [-0.05, 0) is 70.2 Å². The summed E-state index contributed by atoms with van der Waals surface area (Å²) >= 11 is 0. The van der Waals surface area contributed by atoms with Crippen LogP contribution in [0.2, 0.25) is 0 Å². The zero-order valence-corrected chi connectivity index (χ0v) is 18.8. The molecular formula is C24H33N3O4. The summed E-state index contributed by atoms with van der Waals surface area (Å²) in [6, 6.07) is 7.32. The number of hydrogen-bond acceptors (Lipinski definition) is 4. The normalized spacial score (nSPS) is 21.1. The number of benzene rings is 1. The van der Waals surface area contributed by atoms with Crippen molar-refractivity contribution in [3.05, 3.63) is 48.0 Å². The summed E-state index contributed by atoms with van der Waals surface area (Å²) in [5, 5.41) is 2.73. The van der Waals surface area contributed by atoms with E-state index in [0.29, 0.717) is 31.7 Å². The van der Waals surface area contributed by atoms with Gasteiger partial charge >= 0.3 is 6.09 Å². The van der Waals surface area contributed by atoms with Gasteiger partial charge in [0, 0.05) is 31.7 Å². The van der Waals surface area contributed by atoms with Gasteiger partial charge in [0.15, 0.2) is 0 Å². The van der Waals surface area contributed by atoms with Crippen LogP contribution in [0.15, 0.2) is 36.9 Å². The van der Waals surface area contributed by atoms with Crippen molar-refractivity contribution in [1.29, 1.82) is 0 Å². The largest absolute Gasteiger partial charge is 0.444 e. The minimum Gasteiger partial charge on any atom is -0.444 e. The Kier molecular flexibility index (Phi) is 6.72. The van der Waals surface area contributed by atoms with Gasteiger partial charge < -0.3 is 19.9 Å². The molecular weight excluding hydrogens is 394 g/mol. The number of ether oxygens (including phenoxy) is 1. The van der Waals surface area contributed by atoms with Crippen molar-refractivity contribution in [3.8, 4) is 0 Å². The number of likely N-dealkylation sites (tertiary alicyclic amines) is 2. The van der Waals surface area contributed by atoms with Crippen molar-refractivity contribution in [2.75, 3.05) is 19.6 Å². The molecule has 7 heteroatoms. The average Bonchev–Trinajstić information content (AvgIpc) is 3.13. The predicted octanol–water partition coefficient (Wildman–Crippen LogP) is 3.49. The Labute approximate surface area is 184 Å². The minimum absolute atomic E-state index is 0.00906. The Hall–Kier alpha value is -2.83. The molecule has 1 aromatic carbocycles. The Morgan fingerprint density at radius 2 is 1.77 bits per heavy atom. The third kappa shape index (κ3) is 5.46. The summed E-state index contributed by atoms with van der Waals surface area (Å²) < 4.78 is 5.57. The van der Waals surface area contributed by atoms with Crippen LogP contribution < -0.4 is 5.32 Å². The zero-order valence-electron chi connectivity index (χ0n) is 18.8. The quantitative estimate of drug-likeness (QED) is 0.746. The molecule has 0 bridgehead atoms. The lowest BCUT2D eigenvalue weighted by Crippen LogP contribution is -2.58. The summed E-state index contributed by atoms with van der Waals surface area (Å²) in [6.45, 7) is 11.3. The van der Waals surface area contributed by atoms with Crippen LogP contribution in [0.5, 0.6) is 0 Å². The second-order valence-electron chi connectivity index (χ2n) is 9.41. The Morgan fingerprint density at radius 1 is 1.13 bits per heavy atom. The van der Waals surface area contributed by atoms with Gasteiger partial charge in [0.2, 0.25) is 5.91 Å². The lowest BCUT2D eigenvalue weighted by atomic mass is 9.86. The van der Waals surface area contributed by atoms with Gasteiger partial charge in [0.25, 0.3) is 5.91 Å².